The van der Waals surface area contributed by atoms with Crippen LogP contribution in [0.15, 0.2) is 85.2 Å². The standard InChI is InChI=1S/C30H27ClFN7/c1-38-13-15-39(16-14-38)23-7-5-21(6-8-23)36-29-18-22(10-12-33-29)35-27-19-28(25-17-20(31)4-9-26(25)32)37-30-24(27)3-2-11-34-30/h2-12,17-19H,13-16H2,1H3,(H2,33,34,35,36,37). The number of hydrogen-bond donors (Lipinski definition) is 2. The van der Waals surface area contributed by atoms with Crippen molar-refractivity contribution in [2.45, 2.75) is 0 Å². The van der Waals surface area contributed by atoms with Crippen LogP contribution in [0.5, 0.6) is 0 Å². The Kier molecular flexibility index (Phi) is 6.96. The Bertz CT molecular complexity index is 1620. The van der Waals surface area contributed by atoms with Crippen molar-refractivity contribution in [2.24, 2.45) is 0 Å². The first-order valence-corrected chi connectivity index (χ1v) is 13.1. The molecular weight excluding hydrogens is 513 g/mol. The number of rotatable bonds is 6. The summed E-state index contributed by atoms with van der Waals surface area (Å²) in [6, 6.07) is 22.2. The maximum Gasteiger partial charge on any atom is 0.161 e. The van der Waals surface area contributed by atoms with Crippen LogP contribution in [-0.2, 0) is 0 Å². The average Bonchev–Trinajstić information content (AvgIpc) is 2.95. The molecule has 0 bridgehead atoms. The second kappa shape index (κ2) is 10.8. The first-order chi connectivity index (χ1) is 19.0. The van der Waals surface area contributed by atoms with Gasteiger partial charge in [0.2, 0.25) is 0 Å². The van der Waals surface area contributed by atoms with E-state index in [1.54, 1.807) is 18.5 Å². The Morgan fingerprint density at radius 3 is 2.46 bits per heavy atom. The average molecular weight is 540 g/mol. The lowest BCUT2D eigenvalue weighted by atomic mass is 10.1. The van der Waals surface area contributed by atoms with Crippen molar-refractivity contribution in [1.82, 2.24) is 19.9 Å². The minimum absolute atomic E-state index is 0.315. The highest BCUT2D eigenvalue weighted by molar-refractivity contribution is 6.30. The predicted molar refractivity (Wildman–Crippen MR) is 157 cm³/mol. The van der Waals surface area contributed by atoms with Crippen LogP contribution >= 0.6 is 11.6 Å². The van der Waals surface area contributed by atoms with Gasteiger partial charge in [-0.05, 0) is 73.8 Å². The molecular formula is C30H27ClFN7. The van der Waals surface area contributed by atoms with Gasteiger partial charge < -0.3 is 20.4 Å². The number of anilines is 5. The first kappa shape index (κ1) is 25.0. The number of hydrogen-bond acceptors (Lipinski definition) is 7. The lowest BCUT2D eigenvalue weighted by Crippen LogP contribution is -2.44. The van der Waals surface area contributed by atoms with Crippen LogP contribution in [0.2, 0.25) is 5.02 Å². The summed E-state index contributed by atoms with van der Waals surface area (Å²) in [6.45, 7) is 4.21. The molecule has 0 aliphatic carbocycles. The smallest absolute Gasteiger partial charge is 0.161 e. The summed E-state index contributed by atoms with van der Waals surface area (Å²) in [5.41, 5.74) is 5.00. The fourth-order valence-electron chi connectivity index (χ4n) is 4.69. The second-order valence-electron chi connectivity index (χ2n) is 9.57. The van der Waals surface area contributed by atoms with E-state index in [0.29, 0.717) is 27.7 Å². The molecule has 3 aromatic heterocycles. The normalized spacial score (nSPS) is 14.0. The number of likely N-dealkylation sites (N-methyl/N-ethyl adjacent to an activating group) is 1. The summed E-state index contributed by atoms with van der Waals surface area (Å²) in [6.07, 6.45) is 3.41. The summed E-state index contributed by atoms with van der Waals surface area (Å²) in [7, 11) is 2.16. The fourth-order valence-corrected chi connectivity index (χ4v) is 4.86. The highest BCUT2D eigenvalue weighted by Crippen LogP contribution is 2.32. The molecule has 2 N–H and O–H groups in total. The zero-order valence-electron chi connectivity index (χ0n) is 21.4. The molecule has 0 atom stereocenters. The lowest BCUT2D eigenvalue weighted by Gasteiger charge is -2.34. The van der Waals surface area contributed by atoms with Gasteiger partial charge in [-0.15, -0.1) is 0 Å². The van der Waals surface area contributed by atoms with Crippen molar-refractivity contribution in [1.29, 1.82) is 0 Å². The Morgan fingerprint density at radius 1 is 0.821 bits per heavy atom. The van der Waals surface area contributed by atoms with Crippen LogP contribution in [0.25, 0.3) is 22.3 Å². The predicted octanol–water partition coefficient (Wildman–Crippen LogP) is 6.72. The van der Waals surface area contributed by atoms with Gasteiger partial charge in [-0.2, -0.15) is 0 Å². The van der Waals surface area contributed by atoms with Gasteiger partial charge in [0.15, 0.2) is 5.65 Å². The molecule has 0 saturated carbocycles. The zero-order chi connectivity index (χ0) is 26.8. The highest BCUT2D eigenvalue weighted by Gasteiger charge is 2.15. The van der Waals surface area contributed by atoms with Gasteiger partial charge in [0.25, 0.3) is 0 Å². The van der Waals surface area contributed by atoms with E-state index in [1.165, 1.54) is 17.8 Å². The lowest BCUT2D eigenvalue weighted by molar-refractivity contribution is 0.313. The van der Waals surface area contributed by atoms with E-state index >= 15 is 0 Å². The summed E-state index contributed by atoms with van der Waals surface area (Å²) in [5, 5.41) is 8.09. The van der Waals surface area contributed by atoms with E-state index in [2.05, 4.69) is 66.7 Å². The third-order valence-corrected chi connectivity index (χ3v) is 7.07. The van der Waals surface area contributed by atoms with Gasteiger partial charge in [-0.25, -0.2) is 19.3 Å². The third-order valence-electron chi connectivity index (χ3n) is 6.84. The molecule has 6 rings (SSSR count). The highest BCUT2D eigenvalue weighted by atomic mass is 35.5. The molecule has 0 amide bonds. The number of piperazine rings is 1. The maximum absolute atomic E-state index is 14.7. The second-order valence-corrected chi connectivity index (χ2v) is 10.0. The Hall–Kier alpha value is -4.27. The molecule has 1 aliphatic heterocycles. The molecule has 7 nitrogen and oxygen atoms in total. The van der Waals surface area contributed by atoms with Crippen molar-refractivity contribution in [2.75, 3.05) is 48.8 Å². The third kappa shape index (κ3) is 5.62. The first-order valence-electron chi connectivity index (χ1n) is 12.8. The number of nitrogens with zero attached hydrogens (tertiary/aromatic N) is 5. The number of halogens is 2. The topological polar surface area (TPSA) is 69.2 Å². The minimum Gasteiger partial charge on any atom is -0.369 e. The molecule has 196 valence electrons. The molecule has 0 spiro atoms. The maximum atomic E-state index is 14.7. The SMILES string of the molecule is CN1CCN(c2ccc(Nc3cc(Nc4cc(-c5cc(Cl)ccc5F)nc5ncccc45)ccn3)cc2)CC1. The van der Waals surface area contributed by atoms with Crippen LogP contribution in [0.1, 0.15) is 0 Å². The largest absolute Gasteiger partial charge is 0.369 e. The summed E-state index contributed by atoms with van der Waals surface area (Å²) in [4.78, 5) is 18.2. The summed E-state index contributed by atoms with van der Waals surface area (Å²) < 4.78 is 14.7. The van der Waals surface area contributed by atoms with Crippen molar-refractivity contribution < 1.29 is 4.39 Å². The van der Waals surface area contributed by atoms with Gasteiger partial charge in [0.1, 0.15) is 11.6 Å². The number of fused-ring (bicyclic) bond motifs is 1. The minimum atomic E-state index is -0.401. The van der Waals surface area contributed by atoms with Gasteiger partial charge in [-0.1, -0.05) is 11.6 Å². The Balaban J connectivity index is 1.24. The van der Waals surface area contributed by atoms with Crippen LogP contribution in [0.4, 0.5) is 33.0 Å². The van der Waals surface area contributed by atoms with E-state index in [1.807, 2.05) is 30.3 Å². The summed E-state index contributed by atoms with van der Waals surface area (Å²) >= 11 is 6.15. The molecule has 39 heavy (non-hydrogen) atoms. The van der Waals surface area contributed by atoms with E-state index in [4.69, 9.17) is 11.6 Å². The van der Waals surface area contributed by atoms with Gasteiger partial charge in [-0.3, -0.25) is 0 Å². The number of nitrogens with one attached hydrogen (secondary N) is 2. The number of aromatic nitrogens is 3. The molecule has 1 saturated heterocycles. The van der Waals surface area contributed by atoms with E-state index < -0.39 is 5.82 Å². The molecule has 4 heterocycles. The molecule has 1 fully saturated rings. The molecule has 9 heteroatoms. The van der Waals surface area contributed by atoms with Crippen molar-refractivity contribution in [3.63, 3.8) is 0 Å². The molecule has 5 aromatic rings. The van der Waals surface area contributed by atoms with Crippen molar-refractivity contribution in [3.05, 3.63) is 96.0 Å². The molecule has 1 aliphatic rings. The van der Waals surface area contributed by atoms with E-state index in [9.17, 15) is 4.39 Å². The molecule has 0 radical (unpaired) electrons. The Labute approximate surface area is 231 Å². The van der Waals surface area contributed by atoms with Crippen molar-refractivity contribution in [3.8, 4) is 11.3 Å². The van der Waals surface area contributed by atoms with Crippen LogP contribution < -0.4 is 15.5 Å². The fraction of sp³-hybridized carbons (Fsp3) is 0.167. The molecule has 2 aromatic carbocycles. The van der Waals surface area contributed by atoms with Crippen LogP contribution in [0, 0.1) is 5.82 Å². The van der Waals surface area contributed by atoms with Gasteiger partial charge in [0, 0.05) is 77.7 Å². The van der Waals surface area contributed by atoms with Crippen LogP contribution in [0.3, 0.4) is 0 Å². The number of benzene rings is 2. The monoisotopic (exact) mass is 539 g/mol. The zero-order valence-corrected chi connectivity index (χ0v) is 22.2. The van der Waals surface area contributed by atoms with Crippen LogP contribution in [-0.4, -0.2) is 53.1 Å². The summed E-state index contributed by atoms with van der Waals surface area (Å²) in [5.74, 6) is 0.298. The van der Waals surface area contributed by atoms with Crippen molar-refractivity contribution >= 4 is 51.2 Å². The quantitative estimate of drug-likeness (QED) is 0.248. The van der Waals surface area contributed by atoms with E-state index in [0.717, 1.165) is 48.6 Å². The Morgan fingerprint density at radius 2 is 1.64 bits per heavy atom. The van der Waals surface area contributed by atoms with Gasteiger partial charge in [0.05, 0.1) is 11.4 Å². The van der Waals surface area contributed by atoms with E-state index in [-0.39, 0.29) is 0 Å². The molecule has 0 unspecified atom stereocenters. The number of pyridine rings is 3. The van der Waals surface area contributed by atoms with Gasteiger partial charge >= 0.3 is 0 Å².